The molecule has 1 fully saturated rings. The Morgan fingerprint density at radius 1 is 1.62 bits per heavy atom. The Balaban J connectivity index is 1.77. The van der Waals surface area contributed by atoms with Gasteiger partial charge < -0.3 is 19.5 Å². The Morgan fingerprint density at radius 3 is 3.10 bits per heavy atom. The summed E-state index contributed by atoms with van der Waals surface area (Å²) in [6.07, 6.45) is 2.92. The lowest BCUT2D eigenvalue weighted by Crippen LogP contribution is -2.24. The van der Waals surface area contributed by atoms with Gasteiger partial charge in [0.25, 0.3) is 0 Å². The number of ether oxygens (including phenoxy) is 3. The van der Waals surface area contributed by atoms with Crippen molar-refractivity contribution in [2.45, 2.75) is 45.1 Å². The first-order valence-corrected chi connectivity index (χ1v) is 7.12. The molecule has 2 rings (SSSR count). The summed E-state index contributed by atoms with van der Waals surface area (Å²) in [4.78, 5) is 11.7. The van der Waals surface area contributed by atoms with Crippen LogP contribution in [-0.4, -0.2) is 47.9 Å². The number of methoxy groups -OCH3 is 1. The van der Waals surface area contributed by atoms with Gasteiger partial charge in [0, 0.05) is 32.4 Å². The van der Waals surface area contributed by atoms with Crippen LogP contribution in [0.5, 0.6) is 0 Å². The van der Waals surface area contributed by atoms with Crippen molar-refractivity contribution in [2.24, 2.45) is 0 Å². The first-order valence-electron chi connectivity index (χ1n) is 7.12. The van der Waals surface area contributed by atoms with Crippen LogP contribution in [-0.2, 0) is 25.5 Å². The van der Waals surface area contributed by atoms with E-state index in [1.165, 1.54) is 0 Å². The Kier molecular flexibility index (Phi) is 5.33. The van der Waals surface area contributed by atoms with Crippen LogP contribution < -0.4 is 5.32 Å². The third-order valence-corrected chi connectivity index (χ3v) is 3.12. The van der Waals surface area contributed by atoms with Gasteiger partial charge in [0.1, 0.15) is 6.10 Å². The first-order chi connectivity index (χ1) is 9.98. The van der Waals surface area contributed by atoms with E-state index in [1.54, 1.807) is 17.9 Å². The van der Waals surface area contributed by atoms with Crippen LogP contribution in [0, 0.1) is 0 Å². The van der Waals surface area contributed by atoms with Crippen molar-refractivity contribution in [3.63, 3.8) is 0 Å². The van der Waals surface area contributed by atoms with E-state index < -0.39 is 5.79 Å². The Labute approximate surface area is 124 Å². The molecule has 118 valence electrons. The summed E-state index contributed by atoms with van der Waals surface area (Å²) < 4.78 is 17.9. The molecule has 0 bridgehead atoms. The van der Waals surface area contributed by atoms with Gasteiger partial charge in [0.15, 0.2) is 11.6 Å². The third kappa shape index (κ3) is 5.11. The molecule has 0 spiro atoms. The molecule has 7 heteroatoms. The molecule has 1 aromatic rings. The topological polar surface area (TPSA) is 74.6 Å². The first kappa shape index (κ1) is 15.9. The van der Waals surface area contributed by atoms with Gasteiger partial charge in [-0.2, -0.15) is 5.10 Å². The van der Waals surface area contributed by atoms with Crippen LogP contribution in [0.2, 0.25) is 0 Å². The number of hydrogen-bond acceptors (Lipinski definition) is 5. The number of aromatic nitrogens is 2. The molecule has 1 amide bonds. The normalized spacial score (nSPS) is 20.6. The highest BCUT2D eigenvalue weighted by molar-refractivity contribution is 5.89. The zero-order chi connectivity index (χ0) is 15.3. The summed E-state index contributed by atoms with van der Waals surface area (Å²) in [5.74, 6) is -0.0366. The summed E-state index contributed by atoms with van der Waals surface area (Å²) in [6.45, 7) is 5.51. The van der Waals surface area contributed by atoms with E-state index in [0.29, 0.717) is 38.4 Å². The van der Waals surface area contributed by atoms with Crippen molar-refractivity contribution < 1.29 is 19.0 Å². The summed E-state index contributed by atoms with van der Waals surface area (Å²) in [5.41, 5.74) is 0. The Hall–Kier alpha value is -1.44. The molecule has 2 heterocycles. The Bertz CT molecular complexity index is 473. The molecule has 1 aromatic heterocycles. The summed E-state index contributed by atoms with van der Waals surface area (Å²) in [5, 5.41) is 7.07. The van der Waals surface area contributed by atoms with Crippen LogP contribution in [0.25, 0.3) is 0 Å². The molecule has 0 unspecified atom stereocenters. The molecule has 0 aromatic carbocycles. The SMILES string of the molecule is COCCCC(=O)Nc1ccn(C[C@@H]2COC(C)(C)O2)n1. The van der Waals surface area contributed by atoms with Crippen molar-refractivity contribution in [3.05, 3.63) is 12.3 Å². The maximum Gasteiger partial charge on any atom is 0.225 e. The smallest absolute Gasteiger partial charge is 0.225 e. The fourth-order valence-electron chi connectivity index (χ4n) is 2.17. The van der Waals surface area contributed by atoms with Crippen LogP contribution in [0.1, 0.15) is 26.7 Å². The highest BCUT2D eigenvalue weighted by atomic mass is 16.7. The number of nitrogens with zero attached hydrogens (tertiary/aromatic N) is 2. The molecule has 1 aliphatic rings. The molecular weight excluding hydrogens is 274 g/mol. The molecule has 0 saturated carbocycles. The molecule has 1 N–H and O–H groups in total. The number of nitrogens with one attached hydrogen (secondary N) is 1. The minimum Gasteiger partial charge on any atom is -0.385 e. The minimum absolute atomic E-state index is 0.0230. The van der Waals surface area contributed by atoms with Crippen LogP contribution >= 0.6 is 0 Å². The second kappa shape index (κ2) is 7.02. The van der Waals surface area contributed by atoms with Gasteiger partial charge in [-0.3, -0.25) is 9.48 Å². The van der Waals surface area contributed by atoms with Crippen LogP contribution in [0.4, 0.5) is 5.82 Å². The lowest BCUT2D eigenvalue weighted by molar-refractivity contribution is -0.139. The lowest BCUT2D eigenvalue weighted by Gasteiger charge is -2.16. The van der Waals surface area contributed by atoms with Crippen molar-refractivity contribution in [3.8, 4) is 0 Å². The second-order valence-electron chi connectivity index (χ2n) is 5.52. The second-order valence-corrected chi connectivity index (χ2v) is 5.52. The monoisotopic (exact) mass is 297 g/mol. The zero-order valence-electron chi connectivity index (χ0n) is 12.8. The number of hydrogen-bond donors (Lipinski definition) is 1. The number of carbonyl (C=O) groups excluding carboxylic acids is 1. The van der Waals surface area contributed by atoms with Gasteiger partial charge in [0.05, 0.1) is 13.2 Å². The van der Waals surface area contributed by atoms with Crippen molar-refractivity contribution >= 4 is 11.7 Å². The average Bonchev–Trinajstić information content (AvgIpc) is 2.97. The van der Waals surface area contributed by atoms with Crippen LogP contribution in [0.15, 0.2) is 12.3 Å². The summed E-state index contributed by atoms with van der Waals surface area (Å²) in [7, 11) is 1.62. The molecule has 0 aliphatic carbocycles. The van der Waals surface area contributed by atoms with Crippen molar-refractivity contribution in [1.29, 1.82) is 0 Å². The minimum atomic E-state index is -0.532. The predicted molar refractivity (Wildman–Crippen MR) is 76.9 cm³/mol. The molecule has 21 heavy (non-hydrogen) atoms. The van der Waals surface area contributed by atoms with Gasteiger partial charge >= 0.3 is 0 Å². The van der Waals surface area contributed by atoms with Gasteiger partial charge in [-0.15, -0.1) is 0 Å². The number of carbonyl (C=O) groups is 1. The van der Waals surface area contributed by atoms with Gasteiger partial charge in [-0.05, 0) is 20.3 Å². The molecule has 1 aliphatic heterocycles. The van der Waals surface area contributed by atoms with E-state index in [0.717, 1.165) is 0 Å². The van der Waals surface area contributed by atoms with E-state index in [2.05, 4.69) is 10.4 Å². The van der Waals surface area contributed by atoms with Gasteiger partial charge in [-0.25, -0.2) is 0 Å². The average molecular weight is 297 g/mol. The standard InChI is InChI=1S/C14H23N3O4/c1-14(2)20-10-11(21-14)9-17-7-6-12(16-17)15-13(18)5-4-8-19-3/h6-7,11H,4-5,8-10H2,1-3H3,(H,15,16,18)/t11-/m1/s1. The molecule has 7 nitrogen and oxygen atoms in total. The summed E-state index contributed by atoms with van der Waals surface area (Å²) >= 11 is 0. The van der Waals surface area contributed by atoms with E-state index in [9.17, 15) is 4.79 Å². The third-order valence-electron chi connectivity index (χ3n) is 3.12. The number of rotatable bonds is 7. The van der Waals surface area contributed by atoms with E-state index in [4.69, 9.17) is 14.2 Å². The fourth-order valence-corrected chi connectivity index (χ4v) is 2.17. The van der Waals surface area contributed by atoms with E-state index in [-0.39, 0.29) is 12.0 Å². The van der Waals surface area contributed by atoms with E-state index >= 15 is 0 Å². The van der Waals surface area contributed by atoms with Gasteiger partial charge in [-0.1, -0.05) is 0 Å². The van der Waals surface area contributed by atoms with Crippen molar-refractivity contribution in [1.82, 2.24) is 9.78 Å². The number of anilines is 1. The maximum absolute atomic E-state index is 11.7. The largest absolute Gasteiger partial charge is 0.385 e. The predicted octanol–water partition coefficient (Wildman–Crippen LogP) is 1.40. The van der Waals surface area contributed by atoms with Crippen LogP contribution in [0.3, 0.4) is 0 Å². The lowest BCUT2D eigenvalue weighted by atomic mass is 10.3. The molecule has 0 radical (unpaired) electrons. The highest BCUT2D eigenvalue weighted by Crippen LogP contribution is 2.23. The maximum atomic E-state index is 11.7. The van der Waals surface area contributed by atoms with E-state index in [1.807, 2.05) is 20.0 Å². The highest BCUT2D eigenvalue weighted by Gasteiger charge is 2.32. The van der Waals surface area contributed by atoms with Crippen molar-refractivity contribution in [2.75, 3.05) is 25.6 Å². The zero-order valence-corrected chi connectivity index (χ0v) is 12.8. The fraction of sp³-hybridized carbons (Fsp3) is 0.714. The van der Waals surface area contributed by atoms with Gasteiger partial charge in [0.2, 0.25) is 5.91 Å². The Morgan fingerprint density at radius 2 is 2.43 bits per heavy atom. The summed E-state index contributed by atoms with van der Waals surface area (Å²) in [6, 6.07) is 1.77. The molecule has 1 saturated heterocycles. The molecular formula is C14H23N3O4. The molecule has 1 atom stereocenters. The quantitative estimate of drug-likeness (QED) is 0.770. The number of amides is 1.